The molecular weight excluding hydrogens is 514 g/mol. The van der Waals surface area contributed by atoms with Crippen LogP contribution in [0, 0.1) is 0 Å². The van der Waals surface area contributed by atoms with Crippen LogP contribution in [0.1, 0.15) is 16.7 Å². The van der Waals surface area contributed by atoms with E-state index in [4.69, 9.17) is 11.6 Å². The summed E-state index contributed by atoms with van der Waals surface area (Å²) in [6, 6.07) is 19.3. The van der Waals surface area contributed by atoms with Gasteiger partial charge in [0.2, 0.25) is 10.0 Å². The zero-order valence-corrected chi connectivity index (χ0v) is 21.9. The molecule has 1 aliphatic rings. The molecule has 0 bridgehead atoms. The average molecular weight is 538 g/mol. The third-order valence-electron chi connectivity index (χ3n) is 5.76. The van der Waals surface area contributed by atoms with E-state index in [2.05, 4.69) is 15.4 Å². The number of hydrogen-bond acceptors (Lipinski definition) is 6. The lowest BCUT2D eigenvalue weighted by molar-refractivity contribution is -0.134. The molecule has 0 spiro atoms. The monoisotopic (exact) mass is 537 g/mol. The summed E-state index contributed by atoms with van der Waals surface area (Å²) in [6.45, 7) is 0. The van der Waals surface area contributed by atoms with E-state index in [0.717, 1.165) is 11.8 Å². The van der Waals surface area contributed by atoms with Gasteiger partial charge in [0, 0.05) is 29.4 Å². The minimum Gasteiger partial charge on any atom is -0.466 e. The Morgan fingerprint density at radius 3 is 2.49 bits per heavy atom. The van der Waals surface area contributed by atoms with E-state index in [-0.39, 0.29) is 5.91 Å². The van der Waals surface area contributed by atoms with Gasteiger partial charge in [-0.05, 0) is 59.7 Å². The van der Waals surface area contributed by atoms with Crippen LogP contribution in [0.5, 0.6) is 0 Å². The maximum Gasteiger partial charge on any atom is 0.330 e. The Morgan fingerprint density at radius 2 is 1.81 bits per heavy atom. The fourth-order valence-electron chi connectivity index (χ4n) is 3.79. The molecule has 1 aliphatic heterocycles. The fourth-order valence-corrected chi connectivity index (χ4v) is 4.47. The largest absolute Gasteiger partial charge is 0.466 e. The van der Waals surface area contributed by atoms with Crippen LogP contribution in [-0.2, 0) is 24.3 Å². The molecule has 3 aromatic carbocycles. The summed E-state index contributed by atoms with van der Waals surface area (Å²) in [4.78, 5) is 24.7. The number of benzene rings is 3. The molecule has 0 radical (unpaired) electrons. The quantitative estimate of drug-likeness (QED) is 0.329. The summed E-state index contributed by atoms with van der Waals surface area (Å²) in [7, 11) is -0.632. The number of nitrogens with one attached hydrogen (secondary N) is 2. The van der Waals surface area contributed by atoms with Gasteiger partial charge < -0.3 is 15.4 Å². The third-order valence-corrected chi connectivity index (χ3v) is 7.20. The molecule has 190 valence electrons. The van der Waals surface area contributed by atoms with Crippen molar-refractivity contribution in [3.8, 4) is 0 Å². The maximum atomic E-state index is 13.1. The molecule has 37 heavy (non-hydrogen) atoms. The number of nitrogens with zero attached hydrogens (tertiary/aromatic N) is 1. The van der Waals surface area contributed by atoms with E-state index < -0.39 is 16.0 Å². The number of esters is 1. The number of anilines is 3. The molecule has 10 heteroatoms. The molecule has 0 atom stereocenters. The van der Waals surface area contributed by atoms with Crippen LogP contribution in [0.3, 0.4) is 0 Å². The number of carbonyl (C=O) groups is 2. The lowest BCUT2D eigenvalue weighted by atomic mass is 9.98. The first-order valence-electron chi connectivity index (χ1n) is 11.1. The van der Waals surface area contributed by atoms with Crippen molar-refractivity contribution >= 4 is 67.9 Å². The molecule has 0 saturated carbocycles. The predicted molar refractivity (Wildman–Crippen MR) is 148 cm³/mol. The van der Waals surface area contributed by atoms with Crippen LogP contribution in [0.25, 0.3) is 17.3 Å². The van der Waals surface area contributed by atoms with Crippen LogP contribution in [0.2, 0.25) is 5.02 Å². The van der Waals surface area contributed by atoms with Gasteiger partial charge in [-0.15, -0.1) is 0 Å². The Kier molecular flexibility index (Phi) is 7.37. The van der Waals surface area contributed by atoms with Crippen molar-refractivity contribution in [2.75, 3.05) is 35.4 Å². The number of sulfonamides is 1. The second kappa shape index (κ2) is 10.5. The summed E-state index contributed by atoms with van der Waals surface area (Å²) in [5, 5.41) is 6.69. The van der Waals surface area contributed by atoms with Crippen LogP contribution >= 0.6 is 11.6 Å². The number of rotatable bonds is 7. The number of fused-ring (bicyclic) bond motifs is 1. The van der Waals surface area contributed by atoms with E-state index in [1.807, 2.05) is 24.3 Å². The fraction of sp³-hybridized carbons (Fsp3) is 0.111. The molecule has 0 aromatic heterocycles. The Labute approximate surface area is 220 Å². The highest BCUT2D eigenvalue weighted by atomic mass is 35.5. The summed E-state index contributed by atoms with van der Waals surface area (Å²) >= 11 is 6.14. The molecule has 1 heterocycles. The van der Waals surface area contributed by atoms with Crippen LogP contribution in [0.4, 0.5) is 17.1 Å². The van der Waals surface area contributed by atoms with Crippen molar-refractivity contribution in [1.82, 2.24) is 0 Å². The highest BCUT2D eigenvalue weighted by Gasteiger charge is 2.28. The van der Waals surface area contributed by atoms with Crippen molar-refractivity contribution in [3.63, 3.8) is 0 Å². The Hall–Kier alpha value is -4.08. The highest BCUT2D eigenvalue weighted by Crippen LogP contribution is 2.39. The second-order valence-corrected chi connectivity index (χ2v) is 10.7. The molecule has 0 saturated heterocycles. The van der Waals surface area contributed by atoms with Gasteiger partial charge in [0.15, 0.2) is 0 Å². The van der Waals surface area contributed by atoms with E-state index >= 15 is 0 Å². The molecule has 0 fully saturated rings. The van der Waals surface area contributed by atoms with Crippen molar-refractivity contribution in [3.05, 3.63) is 94.5 Å². The van der Waals surface area contributed by atoms with E-state index in [9.17, 15) is 18.0 Å². The van der Waals surface area contributed by atoms with E-state index in [1.165, 1.54) is 24.5 Å². The lowest BCUT2D eigenvalue weighted by Crippen LogP contribution is -2.24. The molecule has 0 aliphatic carbocycles. The number of halogens is 1. The lowest BCUT2D eigenvalue weighted by Gasteiger charge is -2.18. The Balaban J connectivity index is 1.81. The first kappa shape index (κ1) is 26.0. The SMILES string of the molecule is COC(=O)C=Cc1cccc(/C(Nc2ccc(N(C)S(C)(=O)=O)cc2)=C2/C(=O)Nc3cc(Cl)ccc32)c1. The van der Waals surface area contributed by atoms with Gasteiger partial charge in [-0.25, -0.2) is 13.2 Å². The van der Waals surface area contributed by atoms with Gasteiger partial charge in [0.25, 0.3) is 5.91 Å². The molecule has 2 N–H and O–H groups in total. The molecule has 3 aromatic rings. The van der Waals surface area contributed by atoms with Gasteiger partial charge >= 0.3 is 5.97 Å². The molecule has 4 rings (SSSR count). The van der Waals surface area contributed by atoms with Crippen molar-refractivity contribution < 1.29 is 22.7 Å². The zero-order valence-electron chi connectivity index (χ0n) is 20.3. The van der Waals surface area contributed by atoms with Gasteiger partial charge in [-0.1, -0.05) is 35.9 Å². The topological polar surface area (TPSA) is 105 Å². The Morgan fingerprint density at radius 1 is 1.08 bits per heavy atom. The van der Waals surface area contributed by atoms with Crippen molar-refractivity contribution in [2.24, 2.45) is 0 Å². The third kappa shape index (κ3) is 5.84. The number of ether oxygens (including phenoxy) is 1. The number of carbonyl (C=O) groups excluding carboxylic acids is 2. The minimum absolute atomic E-state index is 0.302. The van der Waals surface area contributed by atoms with E-state index in [0.29, 0.717) is 44.5 Å². The van der Waals surface area contributed by atoms with Crippen LogP contribution in [-0.4, -0.2) is 40.7 Å². The maximum absolute atomic E-state index is 13.1. The zero-order chi connectivity index (χ0) is 26.7. The van der Waals surface area contributed by atoms with Crippen molar-refractivity contribution in [1.29, 1.82) is 0 Å². The number of methoxy groups -OCH3 is 1. The summed E-state index contributed by atoms with van der Waals surface area (Å²) in [6.07, 6.45) is 4.07. The van der Waals surface area contributed by atoms with Crippen LogP contribution in [0.15, 0.2) is 72.8 Å². The normalized spacial score (nSPS) is 14.2. The summed E-state index contributed by atoms with van der Waals surface area (Å²) in [5.74, 6) is -0.786. The van der Waals surface area contributed by atoms with Gasteiger partial charge in [-0.3, -0.25) is 9.10 Å². The summed E-state index contributed by atoms with van der Waals surface area (Å²) < 4.78 is 29.6. The van der Waals surface area contributed by atoms with Crippen molar-refractivity contribution in [2.45, 2.75) is 0 Å². The minimum atomic E-state index is -3.41. The molecule has 8 nitrogen and oxygen atoms in total. The Bertz CT molecular complexity index is 1550. The number of amides is 1. The van der Waals surface area contributed by atoms with Gasteiger partial charge in [0.05, 0.1) is 36.0 Å². The standard InChI is InChI=1S/C27H24ClN3O5S/c1-31(37(3,34)35)21-11-9-20(10-12-21)29-26(18-6-4-5-17(15-18)7-14-24(32)36-2)25-22-13-8-19(28)16-23(22)30-27(25)33/h4-16,29H,1-3H3,(H,30,33)/b14-7?,26-25-. The average Bonchev–Trinajstić information content (AvgIpc) is 3.19. The van der Waals surface area contributed by atoms with Crippen LogP contribution < -0.4 is 14.9 Å². The highest BCUT2D eigenvalue weighted by molar-refractivity contribution is 7.92. The first-order chi connectivity index (χ1) is 17.6. The van der Waals surface area contributed by atoms with Gasteiger partial charge in [0.1, 0.15) is 0 Å². The summed E-state index contributed by atoms with van der Waals surface area (Å²) in [5.41, 5.74) is 4.77. The predicted octanol–water partition coefficient (Wildman–Crippen LogP) is 4.85. The molecule has 1 amide bonds. The second-order valence-electron chi connectivity index (χ2n) is 8.28. The number of hydrogen-bond donors (Lipinski definition) is 2. The van der Waals surface area contributed by atoms with E-state index in [1.54, 1.807) is 48.5 Å². The smallest absolute Gasteiger partial charge is 0.330 e. The first-order valence-corrected chi connectivity index (χ1v) is 13.3. The molecular formula is C27H24ClN3O5S. The van der Waals surface area contributed by atoms with Gasteiger partial charge in [-0.2, -0.15) is 0 Å². The molecule has 0 unspecified atom stereocenters.